The first kappa shape index (κ1) is 8.61. The molecule has 0 aromatic carbocycles. The third-order valence-electron chi connectivity index (χ3n) is 1.49. The number of nitrogens with zero attached hydrogens (tertiary/aromatic N) is 1. The van der Waals surface area contributed by atoms with Crippen molar-refractivity contribution in [1.29, 1.82) is 0 Å². The van der Waals surface area contributed by atoms with Crippen LogP contribution in [0.3, 0.4) is 0 Å². The van der Waals surface area contributed by atoms with Gasteiger partial charge in [0.25, 0.3) is 0 Å². The van der Waals surface area contributed by atoms with E-state index >= 15 is 0 Å². The standard InChI is InChI=1S/C10H12N2/c1-3-6-11-10-5-7-12-9(4-2)8-10/h2,5,7-8H,3,6H2,1H3,(H,11,12). The number of hydrogen-bond donors (Lipinski definition) is 1. The molecule has 0 radical (unpaired) electrons. The third kappa shape index (κ3) is 2.28. The molecule has 2 heteroatoms. The second-order valence-corrected chi connectivity index (χ2v) is 2.50. The Kier molecular flexibility index (Phi) is 3.16. The minimum Gasteiger partial charge on any atom is -0.385 e. The Morgan fingerprint density at radius 1 is 1.67 bits per heavy atom. The minimum atomic E-state index is 0.677. The molecule has 0 aliphatic rings. The molecule has 1 aromatic rings. The monoisotopic (exact) mass is 160 g/mol. The third-order valence-corrected chi connectivity index (χ3v) is 1.49. The van der Waals surface area contributed by atoms with Gasteiger partial charge in [-0.2, -0.15) is 0 Å². The molecule has 12 heavy (non-hydrogen) atoms. The van der Waals surface area contributed by atoms with Crippen molar-refractivity contribution in [2.75, 3.05) is 11.9 Å². The van der Waals surface area contributed by atoms with Gasteiger partial charge in [0.2, 0.25) is 0 Å². The SMILES string of the molecule is C#Cc1cc(NCCC)ccn1. The summed E-state index contributed by atoms with van der Waals surface area (Å²) in [6, 6.07) is 3.78. The lowest BCUT2D eigenvalue weighted by atomic mass is 10.3. The van der Waals surface area contributed by atoms with Crippen LogP contribution >= 0.6 is 0 Å². The Hall–Kier alpha value is -1.49. The summed E-state index contributed by atoms with van der Waals surface area (Å²) in [6.45, 7) is 3.09. The average molecular weight is 160 g/mol. The largest absolute Gasteiger partial charge is 0.385 e. The quantitative estimate of drug-likeness (QED) is 0.683. The highest BCUT2D eigenvalue weighted by Gasteiger charge is 1.91. The molecule has 0 amide bonds. The maximum absolute atomic E-state index is 5.21. The number of terminal acetylenes is 1. The molecule has 0 saturated carbocycles. The number of nitrogens with one attached hydrogen (secondary N) is 1. The Labute approximate surface area is 73.0 Å². The average Bonchev–Trinajstić information content (AvgIpc) is 2.15. The molecule has 1 heterocycles. The fourth-order valence-electron chi connectivity index (χ4n) is 0.889. The van der Waals surface area contributed by atoms with Crippen LogP contribution in [0.25, 0.3) is 0 Å². The molecule has 1 aromatic heterocycles. The molecule has 62 valence electrons. The number of aromatic nitrogens is 1. The van der Waals surface area contributed by atoms with Gasteiger partial charge in [0.05, 0.1) is 0 Å². The maximum atomic E-state index is 5.21. The summed E-state index contributed by atoms with van der Waals surface area (Å²) in [4.78, 5) is 3.99. The van der Waals surface area contributed by atoms with E-state index in [1.807, 2.05) is 12.1 Å². The van der Waals surface area contributed by atoms with E-state index in [0.717, 1.165) is 18.7 Å². The highest BCUT2D eigenvalue weighted by molar-refractivity contribution is 5.46. The molecular formula is C10H12N2. The zero-order valence-corrected chi connectivity index (χ0v) is 7.17. The molecule has 0 spiro atoms. The highest BCUT2D eigenvalue weighted by atomic mass is 14.9. The van der Waals surface area contributed by atoms with Crippen LogP contribution in [0.5, 0.6) is 0 Å². The second-order valence-electron chi connectivity index (χ2n) is 2.50. The number of hydrogen-bond acceptors (Lipinski definition) is 2. The van der Waals surface area contributed by atoms with Gasteiger partial charge < -0.3 is 5.32 Å². The zero-order valence-electron chi connectivity index (χ0n) is 7.17. The lowest BCUT2D eigenvalue weighted by Gasteiger charge is -2.03. The maximum Gasteiger partial charge on any atom is 0.114 e. The Morgan fingerprint density at radius 3 is 3.17 bits per heavy atom. The Bertz CT molecular complexity index is 286. The van der Waals surface area contributed by atoms with Gasteiger partial charge in [0.1, 0.15) is 5.69 Å². The summed E-state index contributed by atoms with van der Waals surface area (Å²) in [6.07, 6.45) is 8.03. The van der Waals surface area contributed by atoms with Gasteiger partial charge in [-0.3, -0.25) is 0 Å². The molecule has 1 N–H and O–H groups in total. The molecule has 0 aliphatic carbocycles. The van der Waals surface area contributed by atoms with Crippen molar-refractivity contribution in [3.05, 3.63) is 24.0 Å². The van der Waals surface area contributed by atoms with E-state index < -0.39 is 0 Å². The van der Waals surface area contributed by atoms with Crippen molar-refractivity contribution in [3.63, 3.8) is 0 Å². The van der Waals surface area contributed by atoms with E-state index in [1.54, 1.807) is 6.20 Å². The molecule has 0 atom stereocenters. The van der Waals surface area contributed by atoms with Gasteiger partial charge in [0, 0.05) is 18.4 Å². The second kappa shape index (κ2) is 4.40. The van der Waals surface area contributed by atoms with Crippen LogP contribution in [-0.4, -0.2) is 11.5 Å². The summed E-state index contributed by atoms with van der Waals surface area (Å²) in [7, 11) is 0. The first-order valence-corrected chi connectivity index (χ1v) is 4.03. The van der Waals surface area contributed by atoms with Crippen LogP contribution < -0.4 is 5.32 Å². The van der Waals surface area contributed by atoms with Gasteiger partial charge in [-0.1, -0.05) is 12.8 Å². The molecule has 1 rings (SSSR count). The topological polar surface area (TPSA) is 24.9 Å². The summed E-state index contributed by atoms with van der Waals surface area (Å²) in [5.74, 6) is 2.49. The van der Waals surface area contributed by atoms with Crippen molar-refractivity contribution in [2.24, 2.45) is 0 Å². The molecule has 0 saturated heterocycles. The first-order chi connectivity index (χ1) is 5.86. The predicted octanol–water partition coefficient (Wildman–Crippen LogP) is 1.88. The van der Waals surface area contributed by atoms with Crippen LogP contribution in [0.4, 0.5) is 5.69 Å². The van der Waals surface area contributed by atoms with E-state index in [1.165, 1.54) is 0 Å². The number of pyridine rings is 1. The molecular weight excluding hydrogens is 148 g/mol. The fourth-order valence-corrected chi connectivity index (χ4v) is 0.889. The minimum absolute atomic E-state index is 0.677. The van der Waals surface area contributed by atoms with Crippen molar-refractivity contribution in [3.8, 4) is 12.3 Å². The van der Waals surface area contributed by atoms with Crippen molar-refractivity contribution >= 4 is 5.69 Å². The van der Waals surface area contributed by atoms with Crippen molar-refractivity contribution in [1.82, 2.24) is 4.98 Å². The first-order valence-electron chi connectivity index (χ1n) is 4.03. The van der Waals surface area contributed by atoms with E-state index in [2.05, 4.69) is 23.1 Å². The van der Waals surface area contributed by atoms with E-state index in [0.29, 0.717) is 5.69 Å². The van der Waals surface area contributed by atoms with E-state index in [9.17, 15) is 0 Å². The smallest absolute Gasteiger partial charge is 0.114 e. The fraction of sp³-hybridized carbons (Fsp3) is 0.300. The van der Waals surface area contributed by atoms with Gasteiger partial charge in [-0.05, 0) is 18.6 Å². The van der Waals surface area contributed by atoms with Crippen molar-refractivity contribution < 1.29 is 0 Å². The van der Waals surface area contributed by atoms with Crippen LogP contribution in [0.15, 0.2) is 18.3 Å². The summed E-state index contributed by atoms with van der Waals surface area (Å²) < 4.78 is 0. The van der Waals surface area contributed by atoms with Crippen LogP contribution in [-0.2, 0) is 0 Å². The number of anilines is 1. The zero-order chi connectivity index (χ0) is 8.81. The summed E-state index contributed by atoms with van der Waals surface area (Å²) >= 11 is 0. The van der Waals surface area contributed by atoms with Gasteiger partial charge in [-0.15, -0.1) is 6.42 Å². The molecule has 0 unspecified atom stereocenters. The summed E-state index contributed by atoms with van der Waals surface area (Å²) in [5, 5.41) is 3.23. The summed E-state index contributed by atoms with van der Waals surface area (Å²) in [5.41, 5.74) is 1.72. The predicted molar refractivity (Wildman–Crippen MR) is 51.0 cm³/mol. The van der Waals surface area contributed by atoms with Crippen LogP contribution in [0.1, 0.15) is 19.0 Å². The molecule has 0 fully saturated rings. The lowest BCUT2D eigenvalue weighted by molar-refractivity contribution is 0.978. The Morgan fingerprint density at radius 2 is 2.50 bits per heavy atom. The lowest BCUT2D eigenvalue weighted by Crippen LogP contribution is -1.99. The normalized spacial score (nSPS) is 9.00. The molecule has 0 aliphatic heterocycles. The van der Waals surface area contributed by atoms with Gasteiger partial charge in [0.15, 0.2) is 0 Å². The van der Waals surface area contributed by atoms with Crippen molar-refractivity contribution in [2.45, 2.75) is 13.3 Å². The van der Waals surface area contributed by atoms with Gasteiger partial charge >= 0.3 is 0 Å². The van der Waals surface area contributed by atoms with E-state index in [4.69, 9.17) is 6.42 Å². The van der Waals surface area contributed by atoms with E-state index in [-0.39, 0.29) is 0 Å². The Balaban J connectivity index is 2.68. The molecule has 0 bridgehead atoms. The molecule has 2 nitrogen and oxygen atoms in total. The number of rotatable bonds is 3. The highest BCUT2D eigenvalue weighted by Crippen LogP contribution is 2.06. The van der Waals surface area contributed by atoms with Crippen LogP contribution in [0, 0.1) is 12.3 Å². The van der Waals surface area contributed by atoms with Crippen LogP contribution in [0.2, 0.25) is 0 Å². The van der Waals surface area contributed by atoms with Gasteiger partial charge in [-0.25, -0.2) is 4.98 Å².